The minimum atomic E-state index is 0.0951. The topological polar surface area (TPSA) is 50.8 Å². The number of carbonyl (C=O) groups excluding carboxylic acids is 1. The summed E-state index contributed by atoms with van der Waals surface area (Å²) >= 11 is 1.54. The van der Waals surface area contributed by atoms with Crippen molar-refractivity contribution < 1.29 is 14.3 Å². The maximum atomic E-state index is 11.6. The van der Waals surface area contributed by atoms with Crippen LogP contribution in [0, 0.1) is 0 Å². The van der Waals surface area contributed by atoms with Crippen molar-refractivity contribution in [1.82, 2.24) is 10.2 Å². The van der Waals surface area contributed by atoms with E-state index in [9.17, 15) is 4.79 Å². The fourth-order valence-electron chi connectivity index (χ4n) is 2.65. The molecule has 5 nitrogen and oxygen atoms in total. The molecule has 0 aromatic heterocycles. The van der Waals surface area contributed by atoms with Crippen LogP contribution >= 0.6 is 11.8 Å². The summed E-state index contributed by atoms with van der Waals surface area (Å²) < 4.78 is 11.4. The Kier molecular flexibility index (Phi) is 7.05. The molecule has 128 valence electrons. The zero-order valence-electron chi connectivity index (χ0n) is 14.1. The van der Waals surface area contributed by atoms with Crippen LogP contribution in [0.1, 0.15) is 18.9 Å². The molecule has 1 heterocycles. The quantitative estimate of drug-likeness (QED) is 0.825. The van der Waals surface area contributed by atoms with Gasteiger partial charge < -0.3 is 14.8 Å². The van der Waals surface area contributed by atoms with Crippen LogP contribution in [0.3, 0.4) is 0 Å². The van der Waals surface area contributed by atoms with Gasteiger partial charge in [-0.3, -0.25) is 9.69 Å². The largest absolute Gasteiger partial charge is 0.497 e. The van der Waals surface area contributed by atoms with Gasteiger partial charge >= 0.3 is 0 Å². The smallest absolute Gasteiger partial charge is 0.230 e. The molecule has 1 aromatic rings. The molecule has 1 aliphatic rings. The van der Waals surface area contributed by atoms with Crippen molar-refractivity contribution in [2.75, 3.05) is 38.8 Å². The lowest BCUT2D eigenvalue weighted by atomic mass is 10.2. The summed E-state index contributed by atoms with van der Waals surface area (Å²) in [5.74, 6) is 2.39. The Labute approximate surface area is 142 Å². The number of amides is 1. The van der Waals surface area contributed by atoms with Crippen LogP contribution in [-0.4, -0.2) is 55.7 Å². The summed E-state index contributed by atoms with van der Waals surface area (Å²) in [5, 5.41) is 2.96. The van der Waals surface area contributed by atoms with Crippen molar-refractivity contribution in [1.29, 1.82) is 0 Å². The second-order valence-electron chi connectivity index (χ2n) is 5.64. The molecule has 0 bridgehead atoms. The van der Waals surface area contributed by atoms with E-state index in [0.717, 1.165) is 43.1 Å². The molecule has 1 aromatic carbocycles. The summed E-state index contributed by atoms with van der Waals surface area (Å²) in [4.78, 5) is 13.9. The number of rotatable bonds is 7. The average molecular weight is 338 g/mol. The molecule has 2 rings (SSSR count). The molecule has 0 saturated carbocycles. The fourth-order valence-corrected chi connectivity index (χ4v) is 3.01. The predicted octanol–water partition coefficient (Wildman–Crippen LogP) is 2.15. The third-order valence-electron chi connectivity index (χ3n) is 3.90. The van der Waals surface area contributed by atoms with E-state index in [1.165, 1.54) is 11.8 Å². The number of nitrogens with zero attached hydrogens (tertiary/aromatic N) is 1. The molecule has 1 aliphatic heterocycles. The van der Waals surface area contributed by atoms with Crippen molar-refractivity contribution in [3.05, 3.63) is 23.8 Å². The summed E-state index contributed by atoms with van der Waals surface area (Å²) in [7, 11) is 1.67. The number of fused-ring (bicyclic) bond motifs is 1. The molecule has 0 saturated heterocycles. The molecule has 0 unspecified atom stereocenters. The Balaban J connectivity index is 2.00. The molecule has 23 heavy (non-hydrogen) atoms. The highest BCUT2D eigenvalue weighted by atomic mass is 32.2. The number of benzene rings is 1. The number of ether oxygens (including phenoxy) is 2. The SMILES string of the molecule is CC[C@H]1CN(CCNC(=O)CSC)Cc2cc(OC)ccc2O1. The van der Waals surface area contributed by atoms with Crippen LogP contribution in [0.5, 0.6) is 11.5 Å². The number of carbonyl (C=O) groups is 1. The number of hydrogen-bond acceptors (Lipinski definition) is 5. The van der Waals surface area contributed by atoms with E-state index in [1.54, 1.807) is 7.11 Å². The number of methoxy groups -OCH3 is 1. The normalized spacial score (nSPS) is 17.8. The van der Waals surface area contributed by atoms with E-state index in [0.29, 0.717) is 12.3 Å². The molecule has 6 heteroatoms. The first kappa shape index (κ1) is 17.9. The number of nitrogens with one attached hydrogen (secondary N) is 1. The van der Waals surface area contributed by atoms with Crippen LogP contribution in [0.4, 0.5) is 0 Å². The van der Waals surface area contributed by atoms with E-state index in [-0.39, 0.29) is 12.0 Å². The van der Waals surface area contributed by atoms with Gasteiger partial charge in [-0.2, -0.15) is 11.8 Å². The van der Waals surface area contributed by atoms with Gasteiger partial charge in [-0.15, -0.1) is 0 Å². The number of thioether (sulfide) groups is 1. The highest BCUT2D eigenvalue weighted by Gasteiger charge is 2.22. The molecule has 0 fully saturated rings. The molecule has 0 aliphatic carbocycles. The third-order valence-corrected chi connectivity index (χ3v) is 4.45. The van der Waals surface area contributed by atoms with E-state index in [4.69, 9.17) is 9.47 Å². The van der Waals surface area contributed by atoms with Crippen molar-refractivity contribution in [2.24, 2.45) is 0 Å². The standard InChI is InChI=1S/C17H26N2O3S/c1-4-14-11-19(8-7-18-17(20)12-23-3)10-13-9-15(21-2)5-6-16(13)22-14/h5-6,9,14H,4,7-8,10-12H2,1-3H3,(H,18,20)/t14-/m0/s1. The molecule has 1 N–H and O–H groups in total. The molecular formula is C17H26N2O3S. The Morgan fingerprint density at radius 3 is 3.04 bits per heavy atom. The van der Waals surface area contributed by atoms with Crippen LogP contribution in [0.2, 0.25) is 0 Å². The maximum absolute atomic E-state index is 11.6. The van der Waals surface area contributed by atoms with Gasteiger partial charge in [-0.1, -0.05) is 6.92 Å². The van der Waals surface area contributed by atoms with Gasteiger partial charge in [-0.25, -0.2) is 0 Å². The molecule has 0 radical (unpaired) electrons. The van der Waals surface area contributed by atoms with E-state index >= 15 is 0 Å². The lowest BCUT2D eigenvalue weighted by molar-refractivity contribution is -0.118. The first-order valence-electron chi connectivity index (χ1n) is 7.97. The van der Waals surface area contributed by atoms with Crippen molar-refractivity contribution in [3.63, 3.8) is 0 Å². The molecule has 1 atom stereocenters. The van der Waals surface area contributed by atoms with Crippen LogP contribution in [0.25, 0.3) is 0 Å². The van der Waals surface area contributed by atoms with Crippen molar-refractivity contribution in [2.45, 2.75) is 26.0 Å². The minimum Gasteiger partial charge on any atom is -0.497 e. The monoisotopic (exact) mass is 338 g/mol. The average Bonchev–Trinajstić information content (AvgIpc) is 2.73. The Hall–Kier alpha value is -1.40. The Morgan fingerprint density at radius 2 is 2.35 bits per heavy atom. The molecular weight excluding hydrogens is 312 g/mol. The van der Waals surface area contributed by atoms with E-state index in [1.807, 2.05) is 24.5 Å². The third kappa shape index (κ3) is 5.32. The van der Waals surface area contributed by atoms with Crippen LogP contribution in [0.15, 0.2) is 18.2 Å². The van der Waals surface area contributed by atoms with Crippen molar-refractivity contribution in [3.8, 4) is 11.5 Å². The highest BCUT2D eigenvalue weighted by Crippen LogP contribution is 2.29. The lowest BCUT2D eigenvalue weighted by Gasteiger charge is -2.23. The van der Waals surface area contributed by atoms with Crippen molar-refractivity contribution >= 4 is 17.7 Å². The first-order valence-corrected chi connectivity index (χ1v) is 9.37. The van der Waals surface area contributed by atoms with Gasteiger partial charge in [0.05, 0.1) is 12.9 Å². The second-order valence-corrected chi connectivity index (χ2v) is 6.51. The van der Waals surface area contributed by atoms with Gasteiger partial charge in [0.2, 0.25) is 5.91 Å². The first-order chi connectivity index (χ1) is 11.2. The highest BCUT2D eigenvalue weighted by molar-refractivity contribution is 7.99. The minimum absolute atomic E-state index is 0.0951. The molecule has 0 spiro atoms. The van der Waals surface area contributed by atoms with E-state index < -0.39 is 0 Å². The van der Waals surface area contributed by atoms with Gasteiger partial charge in [0, 0.05) is 31.7 Å². The summed E-state index contributed by atoms with van der Waals surface area (Å²) in [6.45, 7) is 5.29. The Bertz CT molecular complexity index is 525. The maximum Gasteiger partial charge on any atom is 0.230 e. The second kappa shape index (κ2) is 9.03. The summed E-state index contributed by atoms with van der Waals surface area (Å²) in [6.07, 6.45) is 3.06. The lowest BCUT2D eigenvalue weighted by Crippen LogP contribution is -2.38. The van der Waals surface area contributed by atoms with Crippen LogP contribution in [-0.2, 0) is 11.3 Å². The van der Waals surface area contributed by atoms with E-state index in [2.05, 4.69) is 17.1 Å². The van der Waals surface area contributed by atoms with Gasteiger partial charge in [0.25, 0.3) is 0 Å². The fraction of sp³-hybridized carbons (Fsp3) is 0.588. The zero-order chi connectivity index (χ0) is 16.7. The summed E-state index contributed by atoms with van der Waals surface area (Å²) in [5.41, 5.74) is 1.13. The number of hydrogen-bond donors (Lipinski definition) is 1. The van der Waals surface area contributed by atoms with Crippen LogP contribution < -0.4 is 14.8 Å². The van der Waals surface area contributed by atoms with Gasteiger partial charge in [-0.05, 0) is 30.9 Å². The summed E-state index contributed by atoms with van der Waals surface area (Å²) in [6, 6.07) is 5.96. The van der Waals surface area contributed by atoms with Gasteiger partial charge in [0.15, 0.2) is 0 Å². The zero-order valence-corrected chi connectivity index (χ0v) is 14.9. The Morgan fingerprint density at radius 1 is 1.52 bits per heavy atom. The predicted molar refractivity (Wildman–Crippen MR) is 94.4 cm³/mol. The van der Waals surface area contributed by atoms with Gasteiger partial charge in [0.1, 0.15) is 17.6 Å². The molecule has 1 amide bonds.